The maximum atomic E-state index is 10.9. The highest BCUT2D eigenvalue weighted by Crippen LogP contribution is 2.40. The van der Waals surface area contributed by atoms with E-state index in [-0.39, 0.29) is 11.2 Å². The van der Waals surface area contributed by atoms with Gasteiger partial charge in [0.1, 0.15) is 18.3 Å². The van der Waals surface area contributed by atoms with Crippen LogP contribution in [-0.2, 0) is 11.2 Å². The van der Waals surface area contributed by atoms with Crippen LogP contribution in [0, 0.1) is 0 Å². The molecule has 39 heavy (non-hydrogen) atoms. The second kappa shape index (κ2) is 10.7. The molecule has 4 atom stereocenters. The third-order valence-electron chi connectivity index (χ3n) is 7.00. The van der Waals surface area contributed by atoms with Gasteiger partial charge in [-0.05, 0) is 29.1 Å². The summed E-state index contributed by atoms with van der Waals surface area (Å²) < 4.78 is 12.9. The van der Waals surface area contributed by atoms with Crippen LogP contribution in [0.1, 0.15) is 47.8 Å². The van der Waals surface area contributed by atoms with Crippen molar-refractivity contribution >= 4 is 28.6 Å². The predicted molar refractivity (Wildman–Crippen MR) is 144 cm³/mol. The number of ether oxygens (including phenoxy) is 1. The lowest BCUT2D eigenvalue weighted by atomic mass is 9.91. The molecule has 0 radical (unpaired) electrons. The van der Waals surface area contributed by atoms with Crippen LogP contribution in [0.4, 0.5) is 5.82 Å². The fraction of sp³-hybridized carbons (Fsp3) is 0.286. The summed E-state index contributed by atoms with van der Waals surface area (Å²) >= 11 is 6.34. The number of aromatic nitrogens is 5. The van der Waals surface area contributed by atoms with Gasteiger partial charge in [0.2, 0.25) is 5.28 Å². The summed E-state index contributed by atoms with van der Waals surface area (Å²) in [7, 11) is 0. The second-order valence-corrected chi connectivity index (χ2v) is 9.76. The number of aliphatic hydroxyl groups excluding tert-OH is 2. The molecule has 0 bridgehead atoms. The van der Waals surface area contributed by atoms with Gasteiger partial charge in [-0.3, -0.25) is 4.57 Å². The number of hydrogen-bond donors (Lipinski definition) is 3. The average Bonchev–Trinajstić information content (AvgIpc) is 3.68. The Balaban J connectivity index is 1.30. The zero-order chi connectivity index (χ0) is 26.9. The lowest BCUT2D eigenvalue weighted by Gasteiger charge is -2.19. The van der Waals surface area contributed by atoms with Crippen LogP contribution in [0.2, 0.25) is 5.28 Å². The van der Waals surface area contributed by atoms with Gasteiger partial charge in [0, 0.05) is 18.5 Å². The molecular formula is C28H27ClN6O4. The fourth-order valence-corrected chi connectivity index (χ4v) is 5.11. The first-order valence-electron chi connectivity index (χ1n) is 12.7. The van der Waals surface area contributed by atoms with Crippen molar-refractivity contribution in [1.82, 2.24) is 24.7 Å². The van der Waals surface area contributed by atoms with Crippen molar-refractivity contribution in [2.24, 2.45) is 0 Å². The van der Waals surface area contributed by atoms with Gasteiger partial charge in [-0.2, -0.15) is 9.97 Å². The maximum absolute atomic E-state index is 10.9. The largest absolute Gasteiger partial charge is 0.387 e. The SMILES string of the molecule is CCc1cc([C@H]2O[C@@H](n3cnc4c(NCC(c5ccccc5)c5ccccc5)nc(Cl)nc43)[C@H](O)[C@@H]2O)on1. The summed E-state index contributed by atoms with van der Waals surface area (Å²) in [4.78, 5) is 13.3. The Kier molecular flexibility index (Phi) is 7.01. The highest BCUT2D eigenvalue weighted by Gasteiger charge is 2.47. The van der Waals surface area contributed by atoms with E-state index >= 15 is 0 Å². The minimum Gasteiger partial charge on any atom is -0.387 e. The summed E-state index contributed by atoms with van der Waals surface area (Å²) in [5, 5.41) is 29.0. The number of fused-ring (bicyclic) bond motifs is 1. The topological polar surface area (TPSA) is 131 Å². The van der Waals surface area contributed by atoms with E-state index in [9.17, 15) is 10.2 Å². The highest BCUT2D eigenvalue weighted by atomic mass is 35.5. The van der Waals surface area contributed by atoms with Crippen LogP contribution >= 0.6 is 11.6 Å². The number of aliphatic hydroxyl groups is 2. The molecule has 1 aliphatic rings. The molecule has 0 saturated carbocycles. The van der Waals surface area contributed by atoms with Gasteiger partial charge in [0.15, 0.2) is 29.0 Å². The normalized spacial score (nSPS) is 21.2. The molecule has 1 aliphatic heterocycles. The summed E-state index contributed by atoms with van der Waals surface area (Å²) in [5.41, 5.74) is 3.85. The minimum absolute atomic E-state index is 0.00938. The third kappa shape index (κ3) is 4.87. The first-order chi connectivity index (χ1) is 19.0. The van der Waals surface area contributed by atoms with Crippen LogP contribution in [0.3, 0.4) is 0 Å². The Morgan fingerprint density at radius 2 is 1.69 bits per heavy atom. The van der Waals surface area contributed by atoms with Crippen LogP contribution in [0.5, 0.6) is 0 Å². The van der Waals surface area contributed by atoms with Gasteiger partial charge in [-0.15, -0.1) is 0 Å². The number of nitrogens with one attached hydrogen (secondary N) is 1. The summed E-state index contributed by atoms with van der Waals surface area (Å²) in [6.07, 6.45) is -2.22. The average molecular weight is 547 g/mol. The molecule has 6 rings (SSSR count). The van der Waals surface area contributed by atoms with Gasteiger partial charge >= 0.3 is 0 Å². The Morgan fingerprint density at radius 1 is 1.00 bits per heavy atom. The van der Waals surface area contributed by atoms with E-state index < -0.39 is 24.5 Å². The van der Waals surface area contributed by atoms with Gasteiger partial charge in [-0.1, -0.05) is 72.7 Å². The summed E-state index contributed by atoms with van der Waals surface area (Å²) in [5.74, 6) is 0.838. The van der Waals surface area contributed by atoms with Crippen LogP contribution in [0.15, 0.2) is 77.6 Å². The van der Waals surface area contributed by atoms with E-state index in [0.717, 1.165) is 16.8 Å². The quantitative estimate of drug-likeness (QED) is 0.244. The molecule has 3 aromatic heterocycles. The monoisotopic (exact) mass is 546 g/mol. The van der Waals surface area contributed by atoms with Crippen molar-refractivity contribution in [1.29, 1.82) is 0 Å². The molecule has 2 aromatic carbocycles. The molecule has 0 aliphatic carbocycles. The van der Waals surface area contributed by atoms with Crippen molar-refractivity contribution in [3.05, 3.63) is 101 Å². The molecule has 3 N–H and O–H groups in total. The molecule has 1 fully saturated rings. The number of aryl methyl sites for hydroxylation is 1. The maximum Gasteiger partial charge on any atom is 0.226 e. The lowest BCUT2D eigenvalue weighted by molar-refractivity contribution is -0.0434. The Labute approximate surface area is 229 Å². The van der Waals surface area contributed by atoms with Crippen molar-refractivity contribution in [2.75, 3.05) is 11.9 Å². The number of nitrogens with zero attached hydrogens (tertiary/aromatic N) is 5. The smallest absolute Gasteiger partial charge is 0.226 e. The van der Waals surface area contributed by atoms with Crippen LogP contribution < -0.4 is 5.32 Å². The van der Waals surface area contributed by atoms with E-state index in [1.165, 1.54) is 6.33 Å². The van der Waals surface area contributed by atoms with Crippen LogP contribution in [0.25, 0.3) is 11.2 Å². The highest BCUT2D eigenvalue weighted by molar-refractivity contribution is 6.28. The number of anilines is 1. The first-order valence-corrected chi connectivity index (χ1v) is 13.1. The third-order valence-corrected chi connectivity index (χ3v) is 7.17. The predicted octanol–water partition coefficient (Wildman–Crippen LogP) is 4.27. The van der Waals surface area contributed by atoms with Gasteiger partial charge in [0.25, 0.3) is 0 Å². The van der Waals surface area contributed by atoms with Crippen molar-refractivity contribution in [3.8, 4) is 0 Å². The van der Waals surface area contributed by atoms with Crippen molar-refractivity contribution in [3.63, 3.8) is 0 Å². The Hall–Kier alpha value is -3.83. The number of imidazole rings is 1. The molecule has 200 valence electrons. The lowest BCUT2D eigenvalue weighted by Crippen LogP contribution is -2.28. The van der Waals surface area contributed by atoms with E-state index in [2.05, 4.69) is 49.7 Å². The molecule has 11 heteroatoms. The molecule has 10 nitrogen and oxygen atoms in total. The number of rotatable bonds is 8. The van der Waals surface area contributed by atoms with Gasteiger partial charge in [-0.25, -0.2) is 4.98 Å². The number of hydrogen-bond acceptors (Lipinski definition) is 9. The van der Waals surface area contributed by atoms with Crippen molar-refractivity contribution < 1.29 is 19.5 Å². The summed E-state index contributed by atoms with van der Waals surface area (Å²) in [6.45, 7) is 2.47. The zero-order valence-corrected chi connectivity index (χ0v) is 21.8. The molecule has 4 heterocycles. The van der Waals surface area contributed by atoms with Crippen molar-refractivity contribution in [2.45, 2.75) is 43.8 Å². The van der Waals surface area contributed by atoms with Crippen LogP contribution in [-0.4, -0.2) is 53.6 Å². The second-order valence-electron chi connectivity index (χ2n) is 9.42. The Bertz CT molecular complexity index is 1520. The van der Waals surface area contributed by atoms with Gasteiger partial charge < -0.3 is 24.8 Å². The zero-order valence-electron chi connectivity index (χ0n) is 21.1. The van der Waals surface area contributed by atoms with E-state index in [0.29, 0.717) is 35.7 Å². The molecule has 0 unspecified atom stereocenters. The molecule has 5 aromatic rings. The fourth-order valence-electron chi connectivity index (χ4n) is 4.95. The van der Waals surface area contributed by atoms with E-state index in [1.807, 2.05) is 43.3 Å². The summed E-state index contributed by atoms with van der Waals surface area (Å²) in [6, 6.07) is 22.1. The number of halogens is 1. The van der Waals surface area contributed by atoms with Gasteiger partial charge in [0.05, 0.1) is 12.0 Å². The van der Waals surface area contributed by atoms with E-state index in [4.69, 9.17) is 20.9 Å². The molecule has 0 spiro atoms. The molecular weight excluding hydrogens is 520 g/mol. The molecule has 1 saturated heterocycles. The standard InChI is InChI=1S/C28H27ClN6O4/c1-2-18-13-20(39-34-18)24-22(36)23(37)27(38-24)35-15-31-21-25(32-28(29)33-26(21)35)30-14-19(16-9-5-3-6-10-16)17-11-7-4-8-12-17/h3-13,15,19,22-24,27,36-37H,2,14H2,1H3,(H,30,32,33)/t22-,23+,24+,27+/m0/s1. The first kappa shape index (κ1) is 25.4. The van der Waals surface area contributed by atoms with E-state index in [1.54, 1.807) is 10.6 Å². The minimum atomic E-state index is -1.27. The molecule has 0 amide bonds. The Morgan fingerprint density at radius 3 is 2.33 bits per heavy atom. The number of benzene rings is 2.